The lowest BCUT2D eigenvalue weighted by atomic mass is 10.2. The summed E-state index contributed by atoms with van der Waals surface area (Å²) >= 11 is 0. The topological polar surface area (TPSA) is 94.5 Å². The van der Waals surface area contributed by atoms with Crippen LogP contribution in [0.25, 0.3) is 11.2 Å². The number of unbranched alkanes of at least 4 members (excludes halogenated alkanes) is 1. The average molecular weight is 311 g/mol. The fourth-order valence-electron chi connectivity index (χ4n) is 2.41. The Morgan fingerprint density at radius 1 is 1.26 bits per heavy atom. The highest BCUT2D eigenvalue weighted by atomic mass is 15.2. The largest absolute Gasteiger partial charge is 0.382 e. The average Bonchev–Trinajstić information content (AvgIpc) is 2.94. The van der Waals surface area contributed by atoms with E-state index in [-0.39, 0.29) is 0 Å². The smallest absolute Gasteiger partial charge is 0.226 e. The van der Waals surface area contributed by atoms with Gasteiger partial charge in [0, 0.05) is 18.4 Å². The first-order valence-electron chi connectivity index (χ1n) is 7.81. The molecule has 3 aromatic rings. The van der Waals surface area contributed by atoms with Crippen molar-refractivity contribution in [2.45, 2.75) is 33.2 Å². The van der Waals surface area contributed by atoms with Crippen molar-refractivity contribution >= 4 is 22.9 Å². The van der Waals surface area contributed by atoms with Gasteiger partial charge in [0.15, 0.2) is 11.5 Å². The first-order chi connectivity index (χ1) is 11.2. The highest BCUT2D eigenvalue weighted by molar-refractivity contribution is 5.82. The van der Waals surface area contributed by atoms with E-state index < -0.39 is 0 Å². The fraction of sp³-hybridized carbons (Fsp3) is 0.375. The molecule has 0 spiro atoms. The maximum Gasteiger partial charge on any atom is 0.226 e. The maximum absolute atomic E-state index is 6.02. The summed E-state index contributed by atoms with van der Waals surface area (Å²) in [5.41, 5.74) is 9.51. The maximum atomic E-state index is 6.02. The zero-order valence-electron chi connectivity index (χ0n) is 13.5. The fourth-order valence-corrected chi connectivity index (χ4v) is 2.41. The molecule has 23 heavy (non-hydrogen) atoms. The molecule has 0 saturated heterocycles. The number of anilines is 2. The van der Waals surface area contributed by atoms with Crippen molar-refractivity contribution in [1.82, 2.24) is 24.5 Å². The molecule has 0 atom stereocenters. The lowest BCUT2D eigenvalue weighted by Gasteiger charge is -2.08. The Labute approximate surface area is 135 Å². The van der Waals surface area contributed by atoms with E-state index in [2.05, 4.69) is 38.2 Å². The Morgan fingerprint density at radius 3 is 2.91 bits per heavy atom. The quantitative estimate of drug-likeness (QED) is 0.679. The van der Waals surface area contributed by atoms with Gasteiger partial charge in [0.1, 0.15) is 5.52 Å². The molecule has 0 saturated carbocycles. The summed E-state index contributed by atoms with van der Waals surface area (Å²) in [7, 11) is 0. The van der Waals surface area contributed by atoms with Crippen LogP contribution < -0.4 is 11.1 Å². The molecule has 0 aliphatic rings. The van der Waals surface area contributed by atoms with Gasteiger partial charge in [0.25, 0.3) is 0 Å². The van der Waals surface area contributed by atoms with Crippen LogP contribution in [0.5, 0.6) is 0 Å². The summed E-state index contributed by atoms with van der Waals surface area (Å²) in [4.78, 5) is 17.5. The lowest BCUT2D eigenvalue weighted by Crippen LogP contribution is -2.09. The number of hydrogen-bond acceptors (Lipinski definition) is 6. The SMILES string of the molecule is CCCCNc1nc(N)c2ncn(Cc3cccnc3C)c2n1. The third-order valence-electron chi connectivity index (χ3n) is 3.76. The van der Waals surface area contributed by atoms with Gasteiger partial charge in [0.05, 0.1) is 12.9 Å². The van der Waals surface area contributed by atoms with Crippen LogP contribution in [0.15, 0.2) is 24.7 Å². The zero-order valence-corrected chi connectivity index (χ0v) is 13.5. The van der Waals surface area contributed by atoms with Gasteiger partial charge in [-0.1, -0.05) is 19.4 Å². The van der Waals surface area contributed by atoms with Crippen molar-refractivity contribution in [1.29, 1.82) is 0 Å². The molecule has 120 valence electrons. The van der Waals surface area contributed by atoms with Crippen LogP contribution in [-0.2, 0) is 6.54 Å². The van der Waals surface area contributed by atoms with Gasteiger partial charge in [-0.3, -0.25) is 4.98 Å². The van der Waals surface area contributed by atoms with Crippen LogP contribution in [0.2, 0.25) is 0 Å². The van der Waals surface area contributed by atoms with Gasteiger partial charge in [0.2, 0.25) is 5.95 Å². The minimum absolute atomic E-state index is 0.399. The van der Waals surface area contributed by atoms with E-state index in [9.17, 15) is 0 Å². The summed E-state index contributed by atoms with van der Waals surface area (Å²) in [6.07, 6.45) is 5.72. The first kappa shape index (κ1) is 15.2. The Hall–Kier alpha value is -2.70. The second-order valence-corrected chi connectivity index (χ2v) is 5.51. The van der Waals surface area contributed by atoms with Crippen molar-refractivity contribution in [3.63, 3.8) is 0 Å². The number of nitrogens with one attached hydrogen (secondary N) is 1. The Bertz CT molecular complexity index is 809. The van der Waals surface area contributed by atoms with E-state index in [1.165, 1.54) is 0 Å². The summed E-state index contributed by atoms with van der Waals surface area (Å²) in [5.74, 6) is 0.948. The molecular formula is C16H21N7. The van der Waals surface area contributed by atoms with E-state index in [0.29, 0.717) is 23.8 Å². The third kappa shape index (κ3) is 3.23. The number of imidazole rings is 1. The van der Waals surface area contributed by atoms with E-state index in [1.54, 1.807) is 12.5 Å². The van der Waals surface area contributed by atoms with Gasteiger partial charge in [-0.25, -0.2) is 4.98 Å². The Balaban J connectivity index is 1.93. The van der Waals surface area contributed by atoms with Crippen LogP contribution in [0.1, 0.15) is 31.0 Å². The number of aryl methyl sites for hydroxylation is 1. The highest BCUT2D eigenvalue weighted by Gasteiger charge is 2.12. The molecule has 0 bridgehead atoms. The minimum Gasteiger partial charge on any atom is -0.382 e. The molecule has 3 aromatic heterocycles. The molecule has 3 rings (SSSR count). The standard InChI is InChI=1S/C16H21N7/c1-3-4-7-19-16-21-14(17)13-15(22-16)23(10-20-13)9-12-6-5-8-18-11(12)2/h5-6,8,10H,3-4,7,9H2,1-2H3,(H3,17,19,21,22). The van der Waals surface area contributed by atoms with Gasteiger partial charge in [-0.2, -0.15) is 9.97 Å². The normalized spacial score (nSPS) is 11.0. The monoisotopic (exact) mass is 311 g/mol. The van der Waals surface area contributed by atoms with Crippen molar-refractivity contribution < 1.29 is 0 Å². The Kier molecular flexibility index (Phi) is 4.36. The van der Waals surface area contributed by atoms with Crippen LogP contribution in [-0.4, -0.2) is 31.0 Å². The van der Waals surface area contributed by atoms with Crippen LogP contribution in [0.4, 0.5) is 11.8 Å². The van der Waals surface area contributed by atoms with Crippen LogP contribution in [0, 0.1) is 6.92 Å². The highest BCUT2D eigenvalue weighted by Crippen LogP contribution is 2.19. The number of pyridine rings is 1. The Morgan fingerprint density at radius 2 is 2.13 bits per heavy atom. The first-order valence-corrected chi connectivity index (χ1v) is 7.81. The molecule has 0 aliphatic carbocycles. The zero-order chi connectivity index (χ0) is 16.2. The van der Waals surface area contributed by atoms with Crippen LogP contribution in [0.3, 0.4) is 0 Å². The predicted molar refractivity (Wildman–Crippen MR) is 91.2 cm³/mol. The summed E-state index contributed by atoms with van der Waals surface area (Å²) in [6, 6.07) is 3.99. The number of nitrogens with zero attached hydrogens (tertiary/aromatic N) is 5. The van der Waals surface area contributed by atoms with Crippen LogP contribution >= 0.6 is 0 Å². The summed E-state index contributed by atoms with van der Waals surface area (Å²) < 4.78 is 1.97. The minimum atomic E-state index is 0.399. The predicted octanol–water partition coefficient (Wildman–Crippen LogP) is 2.37. The van der Waals surface area contributed by atoms with E-state index >= 15 is 0 Å². The second kappa shape index (κ2) is 6.60. The molecule has 3 heterocycles. The molecule has 0 unspecified atom stereocenters. The van der Waals surface area contributed by atoms with Crippen molar-refractivity contribution in [2.75, 3.05) is 17.6 Å². The van der Waals surface area contributed by atoms with Gasteiger partial charge >= 0.3 is 0 Å². The molecule has 0 aromatic carbocycles. The molecule has 0 radical (unpaired) electrons. The molecule has 0 fully saturated rings. The lowest BCUT2D eigenvalue weighted by molar-refractivity contribution is 0.798. The molecular weight excluding hydrogens is 290 g/mol. The number of nitrogens with two attached hydrogens (primary N) is 1. The van der Waals surface area contributed by atoms with Gasteiger partial charge in [-0.05, 0) is 25.0 Å². The summed E-state index contributed by atoms with van der Waals surface area (Å²) in [5, 5.41) is 3.22. The van der Waals surface area contributed by atoms with Gasteiger partial charge < -0.3 is 15.6 Å². The number of hydrogen-bond donors (Lipinski definition) is 2. The molecule has 7 heteroatoms. The van der Waals surface area contributed by atoms with E-state index in [0.717, 1.165) is 36.3 Å². The number of fused-ring (bicyclic) bond motifs is 1. The third-order valence-corrected chi connectivity index (χ3v) is 3.76. The molecule has 0 aliphatic heterocycles. The summed E-state index contributed by atoms with van der Waals surface area (Å²) in [6.45, 7) is 5.62. The second-order valence-electron chi connectivity index (χ2n) is 5.51. The van der Waals surface area contributed by atoms with Crippen molar-refractivity contribution in [3.05, 3.63) is 35.9 Å². The van der Waals surface area contributed by atoms with E-state index in [1.807, 2.05) is 17.6 Å². The van der Waals surface area contributed by atoms with Gasteiger partial charge in [-0.15, -0.1) is 0 Å². The molecule has 7 nitrogen and oxygen atoms in total. The van der Waals surface area contributed by atoms with Crippen molar-refractivity contribution in [3.8, 4) is 0 Å². The number of nitrogen functional groups attached to an aromatic ring is 1. The molecule has 0 amide bonds. The van der Waals surface area contributed by atoms with E-state index in [4.69, 9.17) is 5.73 Å². The van der Waals surface area contributed by atoms with Crippen molar-refractivity contribution in [2.24, 2.45) is 0 Å². The number of aromatic nitrogens is 5. The molecule has 3 N–H and O–H groups in total. The number of rotatable bonds is 6.